The zero-order valence-corrected chi connectivity index (χ0v) is 12.6. The van der Waals surface area contributed by atoms with Crippen molar-refractivity contribution < 1.29 is 9.59 Å². The number of amides is 2. The van der Waals surface area contributed by atoms with Crippen molar-refractivity contribution in [3.63, 3.8) is 0 Å². The van der Waals surface area contributed by atoms with Gasteiger partial charge in [-0.05, 0) is 18.2 Å². The molecule has 0 aliphatic rings. The number of carbonyl (C=O) groups excluding carboxylic acids is 2. The van der Waals surface area contributed by atoms with E-state index in [9.17, 15) is 9.59 Å². The average molecular weight is 283 g/mol. The lowest BCUT2D eigenvalue weighted by Crippen LogP contribution is -2.27. The smallest absolute Gasteiger partial charge is 0.254 e. The summed E-state index contributed by atoms with van der Waals surface area (Å²) in [5.74, 6) is -0.269. The van der Waals surface area contributed by atoms with Gasteiger partial charge < -0.3 is 10.2 Å². The van der Waals surface area contributed by atoms with Crippen molar-refractivity contribution >= 4 is 29.1 Å². The van der Waals surface area contributed by atoms with Crippen molar-refractivity contribution in [3.05, 3.63) is 28.8 Å². The Morgan fingerprint density at radius 2 is 1.79 bits per heavy atom. The third-order valence-electron chi connectivity index (χ3n) is 2.54. The fourth-order valence-electron chi connectivity index (χ4n) is 1.33. The number of nitrogens with zero attached hydrogens (tertiary/aromatic N) is 1. The third kappa shape index (κ3) is 3.96. The number of halogens is 1. The number of anilines is 1. The van der Waals surface area contributed by atoms with E-state index < -0.39 is 5.41 Å². The Morgan fingerprint density at radius 1 is 1.21 bits per heavy atom. The van der Waals surface area contributed by atoms with Gasteiger partial charge in [0.2, 0.25) is 5.91 Å². The topological polar surface area (TPSA) is 49.4 Å². The molecular weight excluding hydrogens is 264 g/mol. The van der Waals surface area contributed by atoms with Gasteiger partial charge in [0.15, 0.2) is 0 Å². The second-order valence-corrected chi connectivity index (χ2v) is 6.01. The Bertz CT molecular complexity index is 505. The van der Waals surface area contributed by atoms with E-state index in [4.69, 9.17) is 11.6 Å². The molecule has 5 heteroatoms. The Morgan fingerprint density at radius 3 is 2.21 bits per heavy atom. The van der Waals surface area contributed by atoms with Crippen LogP contribution in [0.1, 0.15) is 31.1 Å². The molecule has 19 heavy (non-hydrogen) atoms. The highest BCUT2D eigenvalue weighted by molar-refractivity contribution is 6.34. The molecule has 0 fully saturated rings. The number of benzene rings is 1. The highest BCUT2D eigenvalue weighted by Crippen LogP contribution is 2.24. The zero-order chi connectivity index (χ0) is 14.8. The van der Waals surface area contributed by atoms with Crippen molar-refractivity contribution in [1.29, 1.82) is 0 Å². The average Bonchev–Trinajstić information content (AvgIpc) is 2.26. The van der Waals surface area contributed by atoms with Crippen molar-refractivity contribution in [3.8, 4) is 0 Å². The van der Waals surface area contributed by atoms with E-state index in [1.165, 1.54) is 4.90 Å². The molecule has 0 saturated carbocycles. The van der Waals surface area contributed by atoms with Crippen LogP contribution in [-0.2, 0) is 4.79 Å². The molecule has 0 bridgehead atoms. The summed E-state index contributed by atoms with van der Waals surface area (Å²) in [6.07, 6.45) is 0. The van der Waals surface area contributed by atoms with Gasteiger partial charge in [0.05, 0.1) is 10.6 Å². The van der Waals surface area contributed by atoms with Gasteiger partial charge in [0.25, 0.3) is 5.91 Å². The highest BCUT2D eigenvalue weighted by Gasteiger charge is 2.21. The molecule has 0 spiro atoms. The summed E-state index contributed by atoms with van der Waals surface area (Å²) < 4.78 is 0. The lowest BCUT2D eigenvalue weighted by molar-refractivity contribution is -0.123. The first-order valence-electron chi connectivity index (χ1n) is 5.95. The van der Waals surface area contributed by atoms with E-state index in [1.807, 2.05) is 20.8 Å². The Labute approximate surface area is 118 Å². The number of hydrogen-bond acceptors (Lipinski definition) is 2. The van der Waals surface area contributed by atoms with Gasteiger partial charge >= 0.3 is 0 Å². The van der Waals surface area contributed by atoms with Crippen LogP contribution in [0.25, 0.3) is 0 Å². The maximum absolute atomic E-state index is 11.8. The fraction of sp³-hybridized carbons (Fsp3) is 0.429. The third-order valence-corrected chi connectivity index (χ3v) is 2.86. The first-order valence-corrected chi connectivity index (χ1v) is 6.33. The first kappa shape index (κ1) is 15.5. The van der Waals surface area contributed by atoms with E-state index >= 15 is 0 Å². The van der Waals surface area contributed by atoms with Gasteiger partial charge in [-0.25, -0.2) is 0 Å². The summed E-state index contributed by atoms with van der Waals surface area (Å²) in [7, 11) is 3.32. The SMILES string of the molecule is CN(C)C(=O)c1ccc(NC(=O)C(C)(C)C)cc1Cl. The van der Waals surface area contributed by atoms with Gasteiger partial charge in [0, 0.05) is 25.2 Å². The van der Waals surface area contributed by atoms with Crippen LogP contribution in [0.4, 0.5) is 5.69 Å². The van der Waals surface area contributed by atoms with Gasteiger partial charge in [-0.1, -0.05) is 32.4 Å². The second-order valence-electron chi connectivity index (χ2n) is 5.60. The van der Waals surface area contributed by atoms with Crippen LogP contribution in [0, 0.1) is 5.41 Å². The molecule has 0 aliphatic heterocycles. The molecule has 0 heterocycles. The Hall–Kier alpha value is -1.55. The van der Waals surface area contributed by atoms with Crippen LogP contribution in [0.3, 0.4) is 0 Å². The van der Waals surface area contributed by atoms with Crippen LogP contribution in [-0.4, -0.2) is 30.8 Å². The van der Waals surface area contributed by atoms with Crippen LogP contribution in [0.5, 0.6) is 0 Å². The molecule has 1 N–H and O–H groups in total. The predicted octanol–water partition coefficient (Wildman–Crippen LogP) is 3.03. The van der Waals surface area contributed by atoms with Gasteiger partial charge in [-0.2, -0.15) is 0 Å². The number of rotatable bonds is 2. The summed E-state index contributed by atoms with van der Waals surface area (Å²) in [5, 5.41) is 3.09. The summed E-state index contributed by atoms with van der Waals surface area (Å²) in [5.41, 5.74) is 0.519. The number of hydrogen-bond donors (Lipinski definition) is 1. The quantitative estimate of drug-likeness (QED) is 0.906. The van der Waals surface area contributed by atoms with E-state index in [-0.39, 0.29) is 11.8 Å². The predicted molar refractivity (Wildman–Crippen MR) is 77.6 cm³/mol. The van der Waals surface area contributed by atoms with Crippen LogP contribution in [0.2, 0.25) is 5.02 Å². The molecule has 0 aromatic heterocycles. The Kier molecular flexibility index (Phi) is 4.58. The van der Waals surface area contributed by atoms with Crippen LogP contribution < -0.4 is 5.32 Å². The van der Waals surface area contributed by atoms with Crippen molar-refractivity contribution in [2.45, 2.75) is 20.8 Å². The van der Waals surface area contributed by atoms with Crippen LogP contribution in [0.15, 0.2) is 18.2 Å². The molecule has 1 aromatic rings. The monoisotopic (exact) mass is 282 g/mol. The van der Waals surface area contributed by atoms with Crippen molar-refractivity contribution in [1.82, 2.24) is 4.90 Å². The van der Waals surface area contributed by atoms with Crippen molar-refractivity contribution in [2.24, 2.45) is 5.41 Å². The minimum Gasteiger partial charge on any atom is -0.345 e. The molecule has 2 amide bonds. The standard InChI is InChI=1S/C14H19ClN2O2/c1-14(2,3)13(19)16-9-6-7-10(11(15)8-9)12(18)17(4)5/h6-8H,1-5H3,(H,16,19). The van der Waals surface area contributed by atoms with E-state index in [1.54, 1.807) is 32.3 Å². The molecule has 4 nitrogen and oxygen atoms in total. The molecule has 0 radical (unpaired) electrons. The zero-order valence-electron chi connectivity index (χ0n) is 11.9. The number of carbonyl (C=O) groups is 2. The normalized spacial score (nSPS) is 11.1. The lowest BCUT2D eigenvalue weighted by Gasteiger charge is -2.18. The second kappa shape index (κ2) is 5.61. The minimum atomic E-state index is -0.482. The maximum atomic E-state index is 11.8. The van der Waals surface area contributed by atoms with Crippen molar-refractivity contribution in [2.75, 3.05) is 19.4 Å². The maximum Gasteiger partial charge on any atom is 0.254 e. The molecule has 0 aliphatic carbocycles. The van der Waals surface area contributed by atoms with Gasteiger partial charge in [0.1, 0.15) is 0 Å². The van der Waals surface area contributed by atoms with E-state index in [0.29, 0.717) is 16.3 Å². The van der Waals surface area contributed by atoms with Crippen LogP contribution >= 0.6 is 11.6 Å². The van der Waals surface area contributed by atoms with E-state index in [0.717, 1.165) is 0 Å². The highest BCUT2D eigenvalue weighted by atomic mass is 35.5. The fourth-order valence-corrected chi connectivity index (χ4v) is 1.59. The van der Waals surface area contributed by atoms with Gasteiger partial charge in [-0.15, -0.1) is 0 Å². The molecular formula is C14H19ClN2O2. The van der Waals surface area contributed by atoms with Gasteiger partial charge in [-0.3, -0.25) is 9.59 Å². The largest absolute Gasteiger partial charge is 0.345 e. The lowest BCUT2D eigenvalue weighted by atomic mass is 9.95. The molecule has 1 aromatic carbocycles. The van der Waals surface area contributed by atoms with E-state index in [2.05, 4.69) is 5.32 Å². The summed E-state index contributed by atoms with van der Waals surface area (Å²) in [4.78, 5) is 25.1. The molecule has 0 unspecified atom stereocenters. The molecule has 0 atom stereocenters. The summed E-state index contributed by atoms with van der Waals surface area (Å²) in [6, 6.07) is 4.87. The summed E-state index contributed by atoms with van der Waals surface area (Å²) in [6.45, 7) is 5.48. The Balaban J connectivity index is 2.95. The molecule has 104 valence electrons. The summed E-state index contributed by atoms with van der Waals surface area (Å²) >= 11 is 6.07. The molecule has 1 rings (SSSR count). The molecule has 0 saturated heterocycles. The first-order chi connectivity index (χ1) is 8.62. The number of nitrogens with one attached hydrogen (secondary N) is 1. The minimum absolute atomic E-state index is 0.102.